The molecule has 2 rings (SSSR count). The molecule has 0 unspecified atom stereocenters. The van der Waals surface area contributed by atoms with Crippen molar-refractivity contribution in [3.63, 3.8) is 0 Å². The van der Waals surface area contributed by atoms with Crippen LogP contribution in [0.5, 0.6) is 0 Å². The topological polar surface area (TPSA) is 54.0 Å². The van der Waals surface area contributed by atoms with E-state index in [1.54, 1.807) is 0 Å². The average molecular weight is 230 g/mol. The Morgan fingerprint density at radius 2 is 2.06 bits per heavy atom. The van der Waals surface area contributed by atoms with Crippen LogP contribution in [-0.4, -0.2) is 36.9 Å². The number of ether oxygens (including phenoxy) is 4. The molecule has 16 heavy (non-hydrogen) atoms. The predicted molar refractivity (Wildman–Crippen MR) is 54.5 cm³/mol. The van der Waals surface area contributed by atoms with Gasteiger partial charge in [0, 0.05) is 12.8 Å². The minimum atomic E-state index is -0.587. The third-order valence-corrected chi connectivity index (χ3v) is 2.95. The Balaban J connectivity index is 1.92. The van der Waals surface area contributed by atoms with E-state index in [0.717, 1.165) is 0 Å². The van der Waals surface area contributed by atoms with E-state index in [0.29, 0.717) is 0 Å². The molecular formula is C11H18O5. The highest BCUT2D eigenvalue weighted by Crippen LogP contribution is 2.40. The molecule has 0 aromatic heterocycles. The van der Waals surface area contributed by atoms with Crippen LogP contribution in [0.25, 0.3) is 0 Å². The third kappa shape index (κ3) is 2.21. The van der Waals surface area contributed by atoms with Gasteiger partial charge in [-0.2, -0.15) is 0 Å². The number of hydrogen-bond donors (Lipinski definition) is 0. The first-order valence-corrected chi connectivity index (χ1v) is 5.53. The summed E-state index contributed by atoms with van der Waals surface area (Å²) in [5.41, 5.74) is 0. The molecule has 2 aliphatic rings. The van der Waals surface area contributed by atoms with Gasteiger partial charge in [0.2, 0.25) is 0 Å². The van der Waals surface area contributed by atoms with Gasteiger partial charge >= 0.3 is 5.97 Å². The van der Waals surface area contributed by atoms with Crippen molar-refractivity contribution < 1.29 is 23.7 Å². The molecule has 2 heterocycles. The smallest absolute Gasteiger partial charge is 0.302 e. The molecule has 5 heteroatoms. The first-order chi connectivity index (χ1) is 7.39. The third-order valence-electron chi connectivity index (χ3n) is 2.95. The van der Waals surface area contributed by atoms with E-state index in [4.69, 9.17) is 18.9 Å². The summed E-state index contributed by atoms with van der Waals surface area (Å²) in [5, 5.41) is 0. The van der Waals surface area contributed by atoms with E-state index >= 15 is 0 Å². The van der Waals surface area contributed by atoms with Gasteiger partial charge in [0.15, 0.2) is 12.1 Å². The van der Waals surface area contributed by atoms with Crippen molar-refractivity contribution in [3.8, 4) is 0 Å². The molecule has 0 radical (unpaired) electrons. The Kier molecular flexibility index (Phi) is 2.94. The van der Waals surface area contributed by atoms with Gasteiger partial charge in [0.25, 0.3) is 0 Å². The fourth-order valence-corrected chi connectivity index (χ4v) is 2.12. The zero-order valence-corrected chi connectivity index (χ0v) is 10.1. The normalized spacial score (nSPS) is 40.8. The molecule has 0 N–H and O–H groups in total. The van der Waals surface area contributed by atoms with Gasteiger partial charge in [0.1, 0.15) is 18.8 Å². The second-order valence-electron chi connectivity index (χ2n) is 4.80. The number of rotatable bonds is 2. The number of carbonyl (C=O) groups excluding carboxylic acids is 1. The van der Waals surface area contributed by atoms with E-state index < -0.39 is 5.79 Å². The summed E-state index contributed by atoms with van der Waals surface area (Å²) >= 11 is 0. The molecule has 5 nitrogen and oxygen atoms in total. The van der Waals surface area contributed by atoms with E-state index in [1.165, 1.54) is 6.92 Å². The van der Waals surface area contributed by atoms with Crippen LogP contribution in [0.15, 0.2) is 0 Å². The molecule has 92 valence electrons. The lowest BCUT2D eigenvalue weighted by molar-refractivity contribution is -0.214. The van der Waals surface area contributed by atoms with E-state index in [1.807, 2.05) is 20.8 Å². The summed E-state index contributed by atoms with van der Waals surface area (Å²) in [6.45, 7) is 7.39. The maximum absolute atomic E-state index is 10.7. The Labute approximate surface area is 95.0 Å². The van der Waals surface area contributed by atoms with Crippen molar-refractivity contribution in [2.45, 2.75) is 52.0 Å². The van der Waals surface area contributed by atoms with Crippen molar-refractivity contribution in [1.82, 2.24) is 0 Å². The quantitative estimate of drug-likeness (QED) is 0.664. The van der Waals surface area contributed by atoms with Crippen LogP contribution in [0.3, 0.4) is 0 Å². The lowest BCUT2D eigenvalue weighted by Gasteiger charge is -2.23. The number of hydrogen-bond acceptors (Lipinski definition) is 5. The molecule has 0 aromatic carbocycles. The van der Waals surface area contributed by atoms with Crippen molar-refractivity contribution in [2.24, 2.45) is 5.92 Å². The maximum Gasteiger partial charge on any atom is 0.302 e. The molecule has 0 saturated carbocycles. The first kappa shape index (κ1) is 11.8. The molecule has 0 spiro atoms. The average Bonchev–Trinajstić information content (AvgIpc) is 2.58. The Bertz CT molecular complexity index is 288. The predicted octanol–water partition coefficient (Wildman–Crippen LogP) is 1.06. The summed E-state index contributed by atoms with van der Waals surface area (Å²) in [6, 6.07) is 0. The first-order valence-electron chi connectivity index (χ1n) is 5.53. The van der Waals surface area contributed by atoms with Crippen molar-refractivity contribution in [3.05, 3.63) is 0 Å². The van der Waals surface area contributed by atoms with E-state index in [2.05, 4.69) is 0 Å². The standard InChI is InChI=1S/C11H18O5/c1-6-8(5-13-7(2)12)14-10-9(6)15-11(3,4)16-10/h6,8-10H,5H2,1-4H3/t6-,8+,9+,10+/m0/s1. The van der Waals surface area contributed by atoms with Gasteiger partial charge in [-0.1, -0.05) is 6.92 Å². The zero-order chi connectivity index (χ0) is 11.9. The monoisotopic (exact) mass is 230 g/mol. The van der Waals surface area contributed by atoms with Crippen LogP contribution in [-0.2, 0) is 23.7 Å². The largest absolute Gasteiger partial charge is 0.463 e. The van der Waals surface area contributed by atoms with Crippen LogP contribution in [0.2, 0.25) is 0 Å². The van der Waals surface area contributed by atoms with Crippen LogP contribution in [0, 0.1) is 5.92 Å². The van der Waals surface area contributed by atoms with Crippen LogP contribution >= 0.6 is 0 Å². The SMILES string of the molecule is CC(=O)OC[C@H]1O[C@@H]2OC(C)(C)O[C@@H]2[C@H]1C. The molecule has 0 aliphatic carbocycles. The Morgan fingerprint density at radius 1 is 1.38 bits per heavy atom. The molecule has 0 bridgehead atoms. The Morgan fingerprint density at radius 3 is 2.62 bits per heavy atom. The second-order valence-corrected chi connectivity index (χ2v) is 4.80. The number of fused-ring (bicyclic) bond motifs is 1. The van der Waals surface area contributed by atoms with Gasteiger partial charge in [-0.15, -0.1) is 0 Å². The molecule has 2 aliphatic heterocycles. The fourth-order valence-electron chi connectivity index (χ4n) is 2.12. The lowest BCUT2D eigenvalue weighted by atomic mass is 10.0. The second kappa shape index (κ2) is 3.98. The van der Waals surface area contributed by atoms with Crippen molar-refractivity contribution in [1.29, 1.82) is 0 Å². The van der Waals surface area contributed by atoms with Gasteiger partial charge in [0.05, 0.1) is 0 Å². The summed E-state index contributed by atoms with van der Waals surface area (Å²) in [4.78, 5) is 10.7. The number of esters is 1. The molecule has 0 aromatic rings. The molecule has 2 fully saturated rings. The van der Waals surface area contributed by atoms with Crippen molar-refractivity contribution >= 4 is 5.97 Å². The van der Waals surface area contributed by atoms with E-state index in [9.17, 15) is 4.79 Å². The minimum absolute atomic E-state index is 0.0736. The zero-order valence-electron chi connectivity index (χ0n) is 10.1. The summed E-state index contributed by atoms with van der Waals surface area (Å²) < 4.78 is 21.9. The van der Waals surface area contributed by atoms with Crippen LogP contribution in [0.4, 0.5) is 0 Å². The van der Waals surface area contributed by atoms with Crippen LogP contribution < -0.4 is 0 Å². The highest BCUT2D eigenvalue weighted by Gasteiger charge is 2.52. The van der Waals surface area contributed by atoms with Gasteiger partial charge < -0.3 is 18.9 Å². The van der Waals surface area contributed by atoms with Crippen molar-refractivity contribution in [2.75, 3.05) is 6.61 Å². The van der Waals surface area contributed by atoms with Gasteiger partial charge in [-0.3, -0.25) is 4.79 Å². The van der Waals surface area contributed by atoms with Crippen LogP contribution in [0.1, 0.15) is 27.7 Å². The fraction of sp³-hybridized carbons (Fsp3) is 0.909. The van der Waals surface area contributed by atoms with Gasteiger partial charge in [-0.25, -0.2) is 0 Å². The maximum atomic E-state index is 10.7. The molecule has 4 atom stereocenters. The lowest BCUT2D eigenvalue weighted by Crippen LogP contribution is -2.31. The molecule has 0 amide bonds. The molecule has 2 saturated heterocycles. The minimum Gasteiger partial charge on any atom is -0.463 e. The Hall–Kier alpha value is -0.650. The van der Waals surface area contributed by atoms with Gasteiger partial charge in [-0.05, 0) is 13.8 Å². The summed E-state index contributed by atoms with van der Waals surface area (Å²) in [7, 11) is 0. The van der Waals surface area contributed by atoms with E-state index in [-0.39, 0.29) is 37.0 Å². The number of carbonyl (C=O) groups is 1. The highest BCUT2D eigenvalue weighted by molar-refractivity contribution is 5.65. The highest BCUT2D eigenvalue weighted by atomic mass is 16.8. The summed E-state index contributed by atoms with van der Waals surface area (Å²) in [6.07, 6.45) is -0.559. The summed E-state index contributed by atoms with van der Waals surface area (Å²) in [5.74, 6) is -0.725. The molecular weight excluding hydrogens is 212 g/mol.